The Morgan fingerprint density at radius 3 is 1.38 bits per heavy atom. The average Bonchev–Trinajstić information content (AvgIpc) is 2.50. The molecule has 24 heavy (non-hydrogen) atoms. The van der Waals surface area contributed by atoms with Gasteiger partial charge in [0, 0.05) is 6.42 Å². The molecule has 0 heterocycles. The molecule has 0 spiro atoms. The minimum absolute atomic E-state index is 0. The molecular formula is C21H42ClNO. The summed E-state index contributed by atoms with van der Waals surface area (Å²) in [5.74, 6) is 0.242. The monoisotopic (exact) mass is 359 g/mol. The van der Waals surface area contributed by atoms with Gasteiger partial charge in [0.2, 0.25) is 0 Å². The highest BCUT2D eigenvalue weighted by Gasteiger charge is 2.01. The predicted octanol–water partition coefficient (Wildman–Crippen LogP) is 6.58. The number of ketones is 1. The SMILES string of the molecule is C=C(C)C(=O)CCCCCCCCCCCCCCCN(C)C.Cl. The summed E-state index contributed by atoms with van der Waals surface area (Å²) in [6.45, 7) is 6.74. The third kappa shape index (κ3) is 19.7. The number of carbonyl (C=O) groups excluding carboxylic acids is 1. The molecular weight excluding hydrogens is 318 g/mol. The van der Waals surface area contributed by atoms with Crippen LogP contribution in [0.15, 0.2) is 12.2 Å². The molecule has 0 fully saturated rings. The van der Waals surface area contributed by atoms with Gasteiger partial charge in [0.25, 0.3) is 0 Å². The average molecular weight is 360 g/mol. The zero-order valence-electron chi connectivity index (χ0n) is 16.6. The van der Waals surface area contributed by atoms with E-state index in [0.29, 0.717) is 12.0 Å². The molecule has 0 atom stereocenters. The van der Waals surface area contributed by atoms with Crippen LogP contribution < -0.4 is 0 Å². The van der Waals surface area contributed by atoms with Crippen LogP contribution in [0.4, 0.5) is 0 Å². The summed E-state index contributed by atoms with van der Waals surface area (Å²) < 4.78 is 0. The van der Waals surface area contributed by atoms with Gasteiger partial charge in [-0.3, -0.25) is 4.79 Å². The molecule has 0 amide bonds. The normalized spacial score (nSPS) is 10.7. The van der Waals surface area contributed by atoms with Gasteiger partial charge in [-0.05, 0) is 46.0 Å². The maximum atomic E-state index is 11.4. The third-order valence-electron chi connectivity index (χ3n) is 4.49. The number of hydrogen-bond acceptors (Lipinski definition) is 2. The standard InChI is InChI=1S/C21H41NO.ClH/c1-20(2)21(23)18-16-14-12-10-8-6-5-7-9-11-13-15-17-19-22(3)4;/h1,5-19H2,2-4H3;1H. The fourth-order valence-electron chi connectivity index (χ4n) is 2.87. The van der Waals surface area contributed by atoms with Crippen LogP contribution in [0.2, 0.25) is 0 Å². The van der Waals surface area contributed by atoms with E-state index < -0.39 is 0 Å². The van der Waals surface area contributed by atoms with Crippen LogP contribution in [-0.2, 0) is 4.79 Å². The first-order valence-electron chi connectivity index (χ1n) is 9.87. The molecule has 0 aliphatic carbocycles. The van der Waals surface area contributed by atoms with Crippen LogP contribution in [0.1, 0.15) is 96.8 Å². The summed E-state index contributed by atoms with van der Waals surface area (Å²) in [6.07, 6.45) is 18.2. The lowest BCUT2D eigenvalue weighted by molar-refractivity contribution is -0.115. The molecule has 3 heteroatoms. The molecule has 0 saturated carbocycles. The molecule has 144 valence electrons. The van der Waals surface area contributed by atoms with Crippen molar-refractivity contribution in [1.82, 2.24) is 4.90 Å². The Kier molecular flexibility index (Phi) is 20.5. The van der Waals surface area contributed by atoms with Crippen LogP contribution in [-0.4, -0.2) is 31.3 Å². The molecule has 0 bridgehead atoms. The second-order valence-electron chi connectivity index (χ2n) is 7.35. The number of unbranched alkanes of at least 4 members (excludes halogenated alkanes) is 12. The van der Waals surface area contributed by atoms with Gasteiger partial charge in [-0.2, -0.15) is 0 Å². The number of carbonyl (C=O) groups is 1. The topological polar surface area (TPSA) is 20.3 Å². The number of hydrogen-bond donors (Lipinski definition) is 0. The minimum Gasteiger partial charge on any atom is -0.309 e. The van der Waals surface area contributed by atoms with Crippen LogP contribution in [0, 0.1) is 0 Å². The lowest BCUT2D eigenvalue weighted by Gasteiger charge is -2.08. The lowest BCUT2D eigenvalue weighted by atomic mass is 10.0. The van der Waals surface area contributed by atoms with E-state index in [1.54, 1.807) is 0 Å². The number of nitrogens with zero attached hydrogens (tertiary/aromatic N) is 1. The van der Waals surface area contributed by atoms with Gasteiger partial charge >= 0.3 is 0 Å². The second-order valence-corrected chi connectivity index (χ2v) is 7.35. The Hall–Kier alpha value is -0.340. The van der Waals surface area contributed by atoms with Gasteiger partial charge in [0.1, 0.15) is 0 Å². The highest BCUT2D eigenvalue weighted by molar-refractivity contribution is 5.93. The fourth-order valence-corrected chi connectivity index (χ4v) is 2.87. The summed E-state index contributed by atoms with van der Waals surface area (Å²) in [5, 5.41) is 0. The van der Waals surface area contributed by atoms with E-state index in [2.05, 4.69) is 25.6 Å². The summed E-state index contributed by atoms with van der Waals surface area (Å²) >= 11 is 0. The zero-order chi connectivity index (χ0) is 17.3. The van der Waals surface area contributed by atoms with Crippen molar-refractivity contribution in [2.45, 2.75) is 96.8 Å². The van der Waals surface area contributed by atoms with E-state index in [1.807, 2.05) is 6.92 Å². The number of allylic oxidation sites excluding steroid dienone is 1. The Labute approximate surface area is 157 Å². The Balaban J connectivity index is 0. The van der Waals surface area contributed by atoms with E-state index in [4.69, 9.17) is 0 Å². The largest absolute Gasteiger partial charge is 0.309 e. The van der Waals surface area contributed by atoms with Crippen molar-refractivity contribution >= 4 is 18.2 Å². The maximum Gasteiger partial charge on any atom is 0.157 e. The third-order valence-corrected chi connectivity index (χ3v) is 4.49. The summed E-state index contributed by atoms with van der Waals surface area (Å²) in [7, 11) is 4.31. The van der Waals surface area contributed by atoms with Crippen LogP contribution in [0.5, 0.6) is 0 Å². The number of rotatable bonds is 17. The Bertz CT molecular complexity index is 302. The van der Waals surface area contributed by atoms with Crippen molar-refractivity contribution in [2.75, 3.05) is 20.6 Å². The Morgan fingerprint density at radius 1 is 0.708 bits per heavy atom. The number of Topliss-reactive ketones (excluding diaryl/α,β-unsaturated/α-hetero) is 1. The summed E-state index contributed by atoms with van der Waals surface area (Å²) in [4.78, 5) is 13.7. The first-order valence-corrected chi connectivity index (χ1v) is 9.87. The van der Waals surface area contributed by atoms with Gasteiger partial charge in [-0.25, -0.2) is 0 Å². The maximum absolute atomic E-state index is 11.4. The molecule has 0 N–H and O–H groups in total. The van der Waals surface area contributed by atoms with Crippen LogP contribution in [0.25, 0.3) is 0 Å². The lowest BCUT2D eigenvalue weighted by Crippen LogP contribution is -2.12. The molecule has 0 aromatic heterocycles. The van der Waals surface area contributed by atoms with Crippen LogP contribution in [0.3, 0.4) is 0 Å². The van der Waals surface area contributed by atoms with Gasteiger partial charge in [-0.15, -0.1) is 12.4 Å². The summed E-state index contributed by atoms with van der Waals surface area (Å²) in [6, 6.07) is 0. The van der Waals surface area contributed by atoms with E-state index >= 15 is 0 Å². The van der Waals surface area contributed by atoms with E-state index in [1.165, 1.54) is 83.6 Å². The van der Waals surface area contributed by atoms with E-state index in [-0.39, 0.29) is 18.2 Å². The van der Waals surface area contributed by atoms with Gasteiger partial charge in [0.05, 0.1) is 0 Å². The molecule has 0 rings (SSSR count). The highest BCUT2D eigenvalue weighted by atomic mass is 35.5. The van der Waals surface area contributed by atoms with Crippen molar-refractivity contribution < 1.29 is 4.79 Å². The first-order chi connectivity index (χ1) is 11.0. The van der Waals surface area contributed by atoms with Crippen molar-refractivity contribution in [3.05, 3.63) is 12.2 Å². The van der Waals surface area contributed by atoms with E-state index in [0.717, 1.165) is 6.42 Å². The molecule has 0 aliphatic heterocycles. The zero-order valence-corrected chi connectivity index (χ0v) is 17.4. The molecule has 0 saturated heterocycles. The van der Waals surface area contributed by atoms with Crippen LogP contribution >= 0.6 is 12.4 Å². The molecule has 0 radical (unpaired) electrons. The van der Waals surface area contributed by atoms with Gasteiger partial charge in [-0.1, -0.05) is 77.2 Å². The first kappa shape index (κ1) is 25.9. The quantitative estimate of drug-likeness (QED) is 0.216. The molecule has 0 aliphatic rings. The van der Waals surface area contributed by atoms with Gasteiger partial charge in [0.15, 0.2) is 5.78 Å². The second kappa shape index (κ2) is 19.0. The van der Waals surface area contributed by atoms with Crippen molar-refractivity contribution in [2.24, 2.45) is 0 Å². The Morgan fingerprint density at radius 2 is 1.04 bits per heavy atom. The molecule has 2 nitrogen and oxygen atoms in total. The molecule has 0 unspecified atom stereocenters. The van der Waals surface area contributed by atoms with Crippen molar-refractivity contribution in [3.8, 4) is 0 Å². The highest BCUT2D eigenvalue weighted by Crippen LogP contribution is 2.13. The minimum atomic E-state index is 0. The fraction of sp³-hybridized carbons (Fsp3) is 0.857. The van der Waals surface area contributed by atoms with Gasteiger partial charge < -0.3 is 4.90 Å². The smallest absolute Gasteiger partial charge is 0.157 e. The van der Waals surface area contributed by atoms with Crippen molar-refractivity contribution in [3.63, 3.8) is 0 Å². The van der Waals surface area contributed by atoms with Crippen molar-refractivity contribution in [1.29, 1.82) is 0 Å². The molecule has 0 aromatic carbocycles. The number of halogens is 1. The van der Waals surface area contributed by atoms with E-state index in [9.17, 15) is 4.79 Å². The summed E-state index contributed by atoms with van der Waals surface area (Å²) in [5.41, 5.74) is 0.711. The molecule has 0 aromatic rings. The predicted molar refractivity (Wildman–Crippen MR) is 110 cm³/mol.